The fraction of sp³-hybridized carbons (Fsp3) is 0.250. The third-order valence-corrected chi connectivity index (χ3v) is 6.87. The second kappa shape index (κ2) is 7.65. The number of rotatable bonds is 7. The first-order valence-corrected chi connectivity index (χ1v) is 10.3. The molecule has 0 aliphatic heterocycles. The summed E-state index contributed by atoms with van der Waals surface area (Å²) < 4.78 is 32.9. The SMILES string of the molecule is CCc1ccc(S(=O)(=O)NCCc2nnc(-c3ccc(Cl)cc3)o2)s1. The topological polar surface area (TPSA) is 85.1 Å². The number of hydrogen-bond donors (Lipinski definition) is 1. The van der Waals surface area contributed by atoms with E-state index in [-0.39, 0.29) is 6.54 Å². The van der Waals surface area contributed by atoms with Crippen LogP contribution in [0.4, 0.5) is 0 Å². The van der Waals surface area contributed by atoms with E-state index in [9.17, 15) is 8.42 Å². The second-order valence-electron chi connectivity index (χ2n) is 5.23. The lowest BCUT2D eigenvalue weighted by atomic mass is 10.2. The van der Waals surface area contributed by atoms with Crippen LogP contribution in [0.2, 0.25) is 5.02 Å². The zero-order valence-corrected chi connectivity index (χ0v) is 15.8. The van der Waals surface area contributed by atoms with Crippen LogP contribution in [0, 0.1) is 0 Å². The van der Waals surface area contributed by atoms with Crippen LogP contribution in [-0.4, -0.2) is 25.2 Å². The van der Waals surface area contributed by atoms with Crippen LogP contribution in [0.25, 0.3) is 11.5 Å². The van der Waals surface area contributed by atoms with Crippen LogP contribution < -0.4 is 4.72 Å². The normalized spacial score (nSPS) is 11.8. The Labute approximate surface area is 154 Å². The molecule has 0 aliphatic carbocycles. The lowest BCUT2D eigenvalue weighted by Gasteiger charge is -2.02. The smallest absolute Gasteiger partial charge is 0.250 e. The average molecular weight is 398 g/mol. The summed E-state index contributed by atoms with van der Waals surface area (Å²) in [6.07, 6.45) is 1.13. The highest BCUT2D eigenvalue weighted by Crippen LogP contribution is 2.22. The van der Waals surface area contributed by atoms with Crippen molar-refractivity contribution in [3.63, 3.8) is 0 Å². The summed E-state index contributed by atoms with van der Waals surface area (Å²) in [4.78, 5) is 1.03. The maximum Gasteiger partial charge on any atom is 0.250 e. The van der Waals surface area contributed by atoms with Crippen molar-refractivity contribution in [3.05, 3.63) is 52.2 Å². The number of aryl methyl sites for hydroxylation is 1. The highest BCUT2D eigenvalue weighted by molar-refractivity contribution is 7.91. The van der Waals surface area contributed by atoms with E-state index in [1.807, 2.05) is 13.0 Å². The molecule has 0 bridgehead atoms. The maximum atomic E-state index is 12.2. The Morgan fingerprint density at radius 1 is 1.16 bits per heavy atom. The van der Waals surface area contributed by atoms with Gasteiger partial charge in [0.25, 0.3) is 0 Å². The van der Waals surface area contributed by atoms with Crippen LogP contribution >= 0.6 is 22.9 Å². The largest absolute Gasteiger partial charge is 0.421 e. The lowest BCUT2D eigenvalue weighted by Crippen LogP contribution is -2.25. The van der Waals surface area contributed by atoms with Crippen LogP contribution in [-0.2, 0) is 22.9 Å². The first kappa shape index (κ1) is 18.1. The van der Waals surface area contributed by atoms with E-state index in [0.717, 1.165) is 16.9 Å². The molecule has 0 aliphatic rings. The van der Waals surface area contributed by atoms with Crippen molar-refractivity contribution in [2.45, 2.75) is 24.0 Å². The van der Waals surface area contributed by atoms with E-state index < -0.39 is 10.0 Å². The predicted molar refractivity (Wildman–Crippen MR) is 97.3 cm³/mol. The van der Waals surface area contributed by atoms with Gasteiger partial charge in [0.15, 0.2) is 0 Å². The Morgan fingerprint density at radius 3 is 2.60 bits per heavy atom. The van der Waals surface area contributed by atoms with Crippen molar-refractivity contribution in [2.24, 2.45) is 0 Å². The van der Waals surface area contributed by atoms with Gasteiger partial charge in [-0.3, -0.25) is 0 Å². The molecule has 0 spiro atoms. The highest BCUT2D eigenvalue weighted by atomic mass is 35.5. The van der Waals surface area contributed by atoms with Crippen LogP contribution in [0.15, 0.2) is 45.0 Å². The molecule has 3 rings (SSSR count). The summed E-state index contributed by atoms with van der Waals surface area (Å²) >= 11 is 7.12. The van der Waals surface area contributed by atoms with Crippen molar-refractivity contribution < 1.29 is 12.8 Å². The van der Waals surface area contributed by atoms with Gasteiger partial charge in [0, 0.05) is 28.4 Å². The van der Waals surface area contributed by atoms with Crippen molar-refractivity contribution in [3.8, 4) is 11.5 Å². The van der Waals surface area contributed by atoms with Gasteiger partial charge < -0.3 is 4.42 Å². The summed E-state index contributed by atoms with van der Waals surface area (Å²) in [7, 11) is -3.51. The van der Waals surface area contributed by atoms with Gasteiger partial charge in [-0.15, -0.1) is 21.5 Å². The van der Waals surface area contributed by atoms with E-state index in [2.05, 4.69) is 14.9 Å². The van der Waals surface area contributed by atoms with Crippen LogP contribution in [0.3, 0.4) is 0 Å². The number of nitrogens with zero attached hydrogens (tertiary/aromatic N) is 2. The maximum absolute atomic E-state index is 12.2. The Bertz CT molecular complexity index is 949. The molecule has 0 atom stereocenters. The monoisotopic (exact) mass is 397 g/mol. The zero-order chi connectivity index (χ0) is 17.9. The Hall–Kier alpha value is -1.74. The third-order valence-electron chi connectivity index (χ3n) is 3.44. The molecule has 1 aromatic carbocycles. The molecule has 1 N–H and O–H groups in total. The van der Waals surface area contributed by atoms with Gasteiger partial charge in [-0.05, 0) is 42.8 Å². The van der Waals surface area contributed by atoms with Crippen molar-refractivity contribution >= 4 is 33.0 Å². The lowest BCUT2D eigenvalue weighted by molar-refractivity contribution is 0.502. The van der Waals surface area contributed by atoms with Gasteiger partial charge in [-0.2, -0.15) is 0 Å². The number of benzene rings is 1. The molecule has 132 valence electrons. The highest BCUT2D eigenvalue weighted by Gasteiger charge is 2.17. The van der Waals surface area contributed by atoms with Crippen LogP contribution in [0.1, 0.15) is 17.7 Å². The number of thiophene rings is 1. The molecule has 9 heteroatoms. The van der Waals surface area contributed by atoms with E-state index in [1.165, 1.54) is 11.3 Å². The second-order valence-corrected chi connectivity index (χ2v) is 8.83. The fourth-order valence-electron chi connectivity index (χ4n) is 2.12. The molecular weight excluding hydrogens is 382 g/mol. The zero-order valence-electron chi connectivity index (χ0n) is 13.4. The van der Waals surface area contributed by atoms with Gasteiger partial charge in [-0.25, -0.2) is 13.1 Å². The van der Waals surface area contributed by atoms with Crippen molar-refractivity contribution in [2.75, 3.05) is 6.54 Å². The predicted octanol–water partition coefficient (Wildman–Crippen LogP) is 3.53. The summed E-state index contributed by atoms with van der Waals surface area (Å²) in [5.41, 5.74) is 0.759. The molecule has 25 heavy (non-hydrogen) atoms. The van der Waals surface area contributed by atoms with Gasteiger partial charge in [0.2, 0.25) is 21.8 Å². The van der Waals surface area contributed by atoms with Gasteiger partial charge in [-0.1, -0.05) is 18.5 Å². The number of sulfonamides is 1. The summed E-state index contributed by atoms with van der Waals surface area (Å²) in [6, 6.07) is 10.5. The van der Waals surface area contributed by atoms with E-state index in [4.69, 9.17) is 16.0 Å². The minimum Gasteiger partial charge on any atom is -0.421 e. The molecule has 0 saturated carbocycles. The number of halogens is 1. The Balaban J connectivity index is 1.60. The minimum absolute atomic E-state index is 0.184. The molecule has 0 unspecified atom stereocenters. The Morgan fingerprint density at radius 2 is 1.92 bits per heavy atom. The van der Waals surface area contributed by atoms with Crippen molar-refractivity contribution in [1.29, 1.82) is 0 Å². The summed E-state index contributed by atoms with van der Waals surface area (Å²) in [6.45, 7) is 2.17. The number of aromatic nitrogens is 2. The standard InChI is InChI=1S/C16H16ClN3O3S2/c1-2-13-7-8-15(24-13)25(21,22)18-10-9-14-19-20-16(23-14)11-3-5-12(17)6-4-11/h3-8,18H,2,9-10H2,1H3. The first-order valence-electron chi connectivity index (χ1n) is 7.64. The molecule has 3 aromatic rings. The average Bonchev–Trinajstić information content (AvgIpc) is 3.25. The van der Waals surface area contributed by atoms with E-state index in [0.29, 0.717) is 27.4 Å². The van der Waals surface area contributed by atoms with Crippen LogP contribution in [0.5, 0.6) is 0 Å². The molecule has 2 aromatic heterocycles. The molecule has 2 heterocycles. The van der Waals surface area contributed by atoms with Gasteiger partial charge in [0.1, 0.15) is 4.21 Å². The molecule has 6 nitrogen and oxygen atoms in total. The van der Waals surface area contributed by atoms with E-state index in [1.54, 1.807) is 30.3 Å². The number of nitrogens with one attached hydrogen (secondary N) is 1. The quantitative estimate of drug-likeness (QED) is 0.659. The summed E-state index contributed by atoms with van der Waals surface area (Å²) in [5, 5.41) is 8.53. The summed E-state index contributed by atoms with van der Waals surface area (Å²) in [5.74, 6) is 0.744. The molecule has 0 fully saturated rings. The Kier molecular flexibility index (Phi) is 5.53. The molecular formula is C16H16ClN3O3S2. The third kappa shape index (κ3) is 4.46. The molecule has 0 saturated heterocycles. The number of hydrogen-bond acceptors (Lipinski definition) is 6. The first-order chi connectivity index (χ1) is 12.0. The van der Waals surface area contributed by atoms with E-state index >= 15 is 0 Å². The van der Waals surface area contributed by atoms with Crippen molar-refractivity contribution in [1.82, 2.24) is 14.9 Å². The van der Waals surface area contributed by atoms with Gasteiger partial charge in [0.05, 0.1) is 0 Å². The molecule has 0 radical (unpaired) electrons. The fourth-order valence-corrected chi connectivity index (χ4v) is 4.62. The minimum atomic E-state index is -3.51. The molecule has 0 amide bonds. The van der Waals surface area contributed by atoms with Gasteiger partial charge >= 0.3 is 0 Å².